The van der Waals surface area contributed by atoms with Crippen molar-refractivity contribution in [3.63, 3.8) is 0 Å². The van der Waals surface area contributed by atoms with Crippen LogP contribution in [-0.2, 0) is 6.42 Å². The molecule has 4 nitrogen and oxygen atoms in total. The molecule has 3 atom stereocenters. The van der Waals surface area contributed by atoms with Gasteiger partial charge in [0.2, 0.25) is 0 Å². The van der Waals surface area contributed by atoms with Gasteiger partial charge in [-0.25, -0.2) is 0 Å². The van der Waals surface area contributed by atoms with Gasteiger partial charge in [-0.1, -0.05) is 30.3 Å². The van der Waals surface area contributed by atoms with Gasteiger partial charge in [-0.05, 0) is 31.2 Å². The Hall–Kier alpha value is -1.72. The van der Waals surface area contributed by atoms with Crippen LogP contribution in [0.25, 0.3) is 0 Å². The van der Waals surface area contributed by atoms with E-state index in [0.717, 1.165) is 25.7 Å². The number of nitrogens with zero attached hydrogens (tertiary/aromatic N) is 2. The van der Waals surface area contributed by atoms with E-state index < -0.39 is 0 Å². The standard InChI is InChI=1S/C18H20N2O2S/c21-11-18(8-13-4-2-1-3-5-13)9-14-6-7-16(18)20(14)17(22)15-10-19-12-23-15/h1-5,10,12,14,16,21H,6-9,11H2/t14-,16+,18-/m1/s1. The Morgan fingerprint density at radius 2 is 2.17 bits per heavy atom. The van der Waals surface area contributed by atoms with Gasteiger partial charge in [0.1, 0.15) is 4.88 Å². The van der Waals surface area contributed by atoms with Crippen molar-refractivity contribution in [2.45, 2.75) is 37.8 Å². The van der Waals surface area contributed by atoms with E-state index in [2.05, 4.69) is 17.1 Å². The smallest absolute Gasteiger partial charge is 0.266 e. The number of hydrogen-bond donors (Lipinski definition) is 1. The molecule has 0 unspecified atom stereocenters. The fraction of sp³-hybridized carbons (Fsp3) is 0.444. The minimum atomic E-state index is -0.204. The van der Waals surface area contributed by atoms with E-state index in [1.165, 1.54) is 16.9 Å². The minimum absolute atomic E-state index is 0.0865. The zero-order valence-corrected chi connectivity index (χ0v) is 13.7. The highest BCUT2D eigenvalue weighted by molar-refractivity contribution is 7.11. The number of hydrogen-bond acceptors (Lipinski definition) is 4. The molecule has 23 heavy (non-hydrogen) atoms. The molecule has 2 fully saturated rings. The van der Waals surface area contributed by atoms with Crippen molar-refractivity contribution in [1.82, 2.24) is 9.88 Å². The maximum atomic E-state index is 12.8. The molecule has 2 aromatic rings. The monoisotopic (exact) mass is 328 g/mol. The minimum Gasteiger partial charge on any atom is -0.396 e. The number of thiazole rings is 1. The van der Waals surface area contributed by atoms with E-state index in [-0.39, 0.29) is 30.0 Å². The highest BCUT2D eigenvalue weighted by Crippen LogP contribution is 2.51. The van der Waals surface area contributed by atoms with Crippen LogP contribution in [0.5, 0.6) is 0 Å². The number of benzene rings is 1. The van der Waals surface area contributed by atoms with Gasteiger partial charge >= 0.3 is 0 Å². The summed E-state index contributed by atoms with van der Waals surface area (Å²) in [7, 11) is 0. The van der Waals surface area contributed by atoms with Crippen LogP contribution in [0.1, 0.15) is 34.5 Å². The van der Waals surface area contributed by atoms with Crippen LogP contribution in [0.15, 0.2) is 42.0 Å². The summed E-state index contributed by atoms with van der Waals surface area (Å²) < 4.78 is 0. The summed E-state index contributed by atoms with van der Waals surface area (Å²) in [6.45, 7) is 0.134. The van der Waals surface area contributed by atoms with Crippen LogP contribution < -0.4 is 0 Å². The molecule has 1 aromatic heterocycles. The first-order valence-corrected chi connectivity index (χ1v) is 8.97. The molecule has 1 N–H and O–H groups in total. The summed E-state index contributed by atoms with van der Waals surface area (Å²) in [4.78, 5) is 19.6. The lowest BCUT2D eigenvalue weighted by atomic mass is 9.70. The molecule has 2 aliphatic heterocycles. The summed E-state index contributed by atoms with van der Waals surface area (Å²) in [6, 6.07) is 10.7. The topological polar surface area (TPSA) is 53.4 Å². The van der Waals surface area contributed by atoms with E-state index in [1.54, 1.807) is 11.7 Å². The van der Waals surface area contributed by atoms with Crippen molar-refractivity contribution in [1.29, 1.82) is 0 Å². The molecule has 5 heteroatoms. The largest absolute Gasteiger partial charge is 0.396 e. The lowest BCUT2D eigenvalue weighted by Crippen LogP contribution is -2.43. The van der Waals surface area contributed by atoms with Crippen LogP contribution in [0.2, 0.25) is 0 Å². The highest BCUT2D eigenvalue weighted by atomic mass is 32.1. The van der Waals surface area contributed by atoms with Gasteiger partial charge in [0.05, 0.1) is 18.3 Å². The molecule has 0 saturated carbocycles. The Bertz CT molecular complexity index is 688. The second-order valence-electron chi connectivity index (χ2n) is 6.71. The van der Waals surface area contributed by atoms with Crippen LogP contribution in [0, 0.1) is 5.41 Å². The number of carbonyl (C=O) groups excluding carboxylic acids is 1. The Balaban J connectivity index is 1.62. The first-order valence-electron chi connectivity index (χ1n) is 8.09. The van der Waals surface area contributed by atoms with Gasteiger partial charge in [-0.2, -0.15) is 0 Å². The second kappa shape index (κ2) is 5.73. The lowest BCUT2D eigenvalue weighted by Gasteiger charge is -2.36. The van der Waals surface area contributed by atoms with E-state index in [9.17, 15) is 9.90 Å². The Labute approximate surface area is 139 Å². The fourth-order valence-corrected chi connectivity index (χ4v) is 5.03. The van der Waals surface area contributed by atoms with Gasteiger partial charge in [0, 0.05) is 17.5 Å². The number of aliphatic hydroxyl groups is 1. The zero-order chi connectivity index (χ0) is 15.9. The maximum Gasteiger partial charge on any atom is 0.266 e. The molecule has 3 heterocycles. The zero-order valence-electron chi connectivity index (χ0n) is 12.9. The van der Waals surface area contributed by atoms with Gasteiger partial charge in [-0.3, -0.25) is 9.78 Å². The third kappa shape index (κ3) is 2.39. The number of rotatable bonds is 4. The predicted octanol–water partition coefficient (Wildman–Crippen LogP) is 2.74. The Morgan fingerprint density at radius 3 is 2.87 bits per heavy atom. The SMILES string of the molecule is O=C(c1cncs1)N1[C@@H]2CC[C@H]1[C@](CO)(Cc1ccccc1)C2. The van der Waals surface area contributed by atoms with Gasteiger partial charge in [0.25, 0.3) is 5.91 Å². The van der Waals surface area contributed by atoms with Crippen molar-refractivity contribution in [3.8, 4) is 0 Å². The number of amides is 1. The van der Waals surface area contributed by atoms with Crippen molar-refractivity contribution in [3.05, 3.63) is 52.5 Å². The second-order valence-corrected chi connectivity index (χ2v) is 7.60. The molecule has 2 bridgehead atoms. The number of fused-ring (bicyclic) bond motifs is 2. The van der Waals surface area contributed by atoms with Gasteiger partial charge in [-0.15, -0.1) is 11.3 Å². The molecule has 1 amide bonds. The summed E-state index contributed by atoms with van der Waals surface area (Å²) in [5.74, 6) is 0.0865. The predicted molar refractivity (Wildman–Crippen MR) is 89.4 cm³/mol. The summed E-state index contributed by atoms with van der Waals surface area (Å²) in [5, 5.41) is 10.2. The fourth-order valence-electron chi connectivity index (χ4n) is 4.46. The average Bonchev–Trinajstić information content (AvgIpc) is 3.30. The Kier molecular flexibility index (Phi) is 3.70. The van der Waals surface area contributed by atoms with Crippen molar-refractivity contribution < 1.29 is 9.90 Å². The lowest BCUT2D eigenvalue weighted by molar-refractivity contribution is 0.0575. The molecule has 120 valence electrons. The quantitative estimate of drug-likeness (QED) is 0.939. The third-order valence-electron chi connectivity index (χ3n) is 5.44. The summed E-state index contributed by atoms with van der Waals surface area (Å²) >= 11 is 1.40. The summed E-state index contributed by atoms with van der Waals surface area (Å²) in [6.07, 6.45) is 5.42. The molecule has 2 saturated heterocycles. The molecule has 2 aliphatic rings. The molecule has 4 rings (SSSR count). The van der Waals surface area contributed by atoms with Crippen molar-refractivity contribution >= 4 is 17.2 Å². The average molecular weight is 328 g/mol. The maximum absolute atomic E-state index is 12.8. The van der Waals surface area contributed by atoms with E-state index in [1.807, 2.05) is 23.1 Å². The van der Waals surface area contributed by atoms with Crippen LogP contribution in [-0.4, -0.2) is 39.6 Å². The Morgan fingerprint density at radius 1 is 1.35 bits per heavy atom. The summed E-state index contributed by atoms with van der Waals surface area (Å²) in [5.41, 5.74) is 2.73. The van der Waals surface area contributed by atoms with E-state index in [4.69, 9.17) is 0 Å². The van der Waals surface area contributed by atoms with Crippen LogP contribution >= 0.6 is 11.3 Å². The first kappa shape index (κ1) is 14.8. The van der Waals surface area contributed by atoms with Crippen molar-refractivity contribution in [2.24, 2.45) is 5.41 Å². The van der Waals surface area contributed by atoms with Crippen molar-refractivity contribution in [2.75, 3.05) is 6.61 Å². The van der Waals surface area contributed by atoms with Crippen LogP contribution in [0.4, 0.5) is 0 Å². The number of aliphatic hydroxyl groups excluding tert-OH is 1. The molecule has 0 aliphatic carbocycles. The highest BCUT2D eigenvalue weighted by Gasteiger charge is 2.57. The normalized spacial score (nSPS) is 29.2. The van der Waals surface area contributed by atoms with E-state index >= 15 is 0 Å². The number of carbonyl (C=O) groups is 1. The number of aromatic nitrogens is 1. The molecule has 0 spiro atoms. The molecule has 1 aromatic carbocycles. The molecular formula is C18H20N2O2S. The molecular weight excluding hydrogens is 308 g/mol. The van der Waals surface area contributed by atoms with E-state index in [0.29, 0.717) is 4.88 Å². The first-order chi connectivity index (χ1) is 11.2. The van der Waals surface area contributed by atoms with Gasteiger partial charge in [0.15, 0.2) is 0 Å². The van der Waals surface area contributed by atoms with Crippen LogP contribution in [0.3, 0.4) is 0 Å². The third-order valence-corrected chi connectivity index (χ3v) is 6.20. The van der Waals surface area contributed by atoms with Gasteiger partial charge < -0.3 is 10.0 Å². The molecule has 0 radical (unpaired) electrons.